The summed E-state index contributed by atoms with van der Waals surface area (Å²) in [6, 6.07) is 15.5. The predicted octanol–water partition coefficient (Wildman–Crippen LogP) is 4.61. The third-order valence-electron chi connectivity index (χ3n) is 7.13. The molecule has 3 aromatic rings. The average molecular weight is 523 g/mol. The molecule has 9 heteroatoms. The van der Waals surface area contributed by atoms with Gasteiger partial charge < -0.3 is 19.9 Å². The number of halogens is 1. The summed E-state index contributed by atoms with van der Waals surface area (Å²) in [5.74, 6) is 0.424. The Morgan fingerprint density at radius 1 is 1.11 bits per heavy atom. The number of fused-ring (bicyclic) bond motifs is 1. The number of methoxy groups -OCH3 is 1. The van der Waals surface area contributed by atoms with E-state index < -0.39 is 0 Å². The van der Waals surface area contributed by atoms with E-state index in [4.69, 9.17) is 4.74 Å². The van der Waals surface area contributed by atoms with Gasteiger partial charge in [0.25, 0.3) is 0 Å². The molecule has 1 fully saturated rings. The van der Waals surface area contributed by atoms with E-state index in [0.717, 1.165) is 24.1 Å². The van der Waals surface area contributed by atoms with Crippen LogP contribution in [0.5, 0.6) is 5.75 Å². The first-order valence-electron chi connectivity index (χ1n) is 12.5. The Morgan fingerprint density at radius 3 is 2.73 bits per heavy atom. The molecule has 0 radical (unpaired) electrons. The van der Waals surface area contributed by atoms with Gasteiger partial charge in [0.05, 0.1) is 19.7 Å². The third-order valence-corrected chi connectivity index (χ3v) is 8.13. The zero-order valence-electron chi connectivity index (χ0n) is 21.0. The number of hydrogen-bond donors (Lipinski definition) is 1. The van der Waals surface area contributed by atoms with E-state index in [-0.39, 0.29) is 36.4 Å². The standard InChI is InChI=1S/C28H31FN4O3S/c1-19-17-31(12-13-33(19)28(35)30-22-7-4-8-23(16-22)36-2)26(34)18-32-11-9-25-24(10-14-37-25)27(32)20-5-3-6-21(29)15-20/h3-8,10,14-16,19,27H,9,11-13,17-18H2,1-2H3,(H,30,35)/t19-,27+/m0/s1. The van der Waals surface area contributed by atoms with Crippen molar-refractivity contribution in [2.45, 2.75) is 25.4 Å². The highest BCUT2D eigenvalue weighted by molar-refractivity contribution is 7.10. The van der Waals surface area contributed by atoms with Gasteiger partial charge in [-0.1, -0.05) is 18.2 Å². The Balaban J connectivity index is 1.24. The lowest BCUT2D eigenvalue weighted by atomic mass is 9.93. The van der Waals surface area contributed by atoms with Gasteiger partial charge in [0.2, 0.25) is 5.91 Å². The molecule has 1 aromatic heterocycles. The fraction of sp³-hybridized carbons (Fsp3) is 0.357. The first kappa shape index (κ1) is 25.2. The minimum absolute atomic E-state index is 0.0276. The van der Waals surface area contributed by atoms with E-state index in [1.165, 1.54) is 10.9 Å². The molecule has 2 aliphatic heterocycles. The Labute approximate surface area is 220 Å². The second-order valence-corrected chi connectivity index (χ2v) is 10.5. The van der Waals surface area contributed by atoms with Crippen LogP contribution in [0, 0.1) is 5.82 Å². The van der Waals surface area contributed by atoms with Crippen LogP contribution in [-0.2, 0) is 11.2 Å². The Bertz CT molecular complexity index is 1280. The number of ether oxygens (including phenoxy) is 1. The van der Waals surface area contributed by atoms with Crippen molar-refractivity contribution < 1.29 is 18.7 Å². The Kier molecular flexibility index (Phi) is 7.43. The highest BCUT2D eigenvalue weighted by Gasteiger charge is 2.34. The molecule has 0 aliphatic carbocycles. The van der Waals surface area contributed by atoms with Crippen molar-refractivity contribution in [2.75, 3.05) is 45.2 Å². The zero-order valence-corrected chi connectivity index (χ0v) is 21.8. The molecule has 194 valence electrons. The molecule has 7 nitrogen and oxygen atoms in total. The van der Waals surface area contributed by atoms with E-state index in [0.29, 0.717) is 31.1 Å². The van der Waals surface area contributed by atoms with Gasteiger partial charge in [-0.15, -0.1) is 11.3 Å². The monoisotopic (exact) mass is 522 g/mol. The van der Waals surface area contributed by atoms with E-state index in [1.807, 2.05) is 36.1 Å². The maximum absolute atomic E-state index is 14.1. The summed E-state index contributed by atoms with van der Waals surface area (Å²) >= 11 is 1.72. The average Bonchev–Trinajstić information content (AvgIpc) is 3.37. The molecule has 1 saturated heterocycles. The summed E-state index contributed by atoms with van der Waals surface area (Å²) in [6.45, 7) is 4.32. The topological polar surface area (TPSA) is 65.1 Å². The molecule has 37 heavy (non-hydrogen) atoms. The van der Waals surface area contributed by atoms with Crippen molar-refractivity contribution in [1.82, 2.24) is 14.7 Å². The summed E-state index contributed by atoms with van der Waals surface area (Å²) in [6.07, 6.45) is 0.876. The SMILES string of the molecule is COc1cccc(NC(=O)N2CCN(C(=O)CN3CCc4sccc4[C@H]3c3cccc(F)c3)C[C@@H]2C)c1. The van der Waals surface area contributed by atoms with Crippen LogP contribution in [0.25, 0.3) is 0 Å². The van der Waals surface area contributed by atoms with Crippen LogP contribution in [0.4, 0.5) is 14.9 Å². The predicted molar refractivity (Wildman–Crippen MR) is 143 cm³/mol. The highest BCUT2D eigenvalue weighted by Crippen LogP contribution is 2.37. The van der Waals surface area contributed by atoms with Gasteiger partial charge >= 0.3 is 6.03 Å². The summed E-state index contributed by atoms with van der Waals surface area (Å²) < 4.78 is 19.3. The van der Waals surface area contributed by atoms with Gasteiger partial charge in [-0.05, 0) is 60.2 Å². The fourth-order valence-electron chi connectivity index (χ4n) is 5.26. The number of carbonyl (C=O) groups excluding carboxylic acids is 2. The maximum Gasteiger partial charge on any atom is 0.322 e. The van der Waals surface area contributed by atoms with Crippen molar-refractivity contribution in [3.8, 4) is 5.75 Å². The summed E-state index contributed by atoms with van der Waals surface area (Å²) in [4.78, 5) is 33.4. The van der Waals surface area contributed by atoms with Gasteiger partial charge in [-0.2, -0.15) is 0 Å². The zero-order chi connectivity index (χ0) is 25.9. The van der Waals surface area contributed by atoms with Crippen LogP contribution in [0.1, 0.15) is 29.0 Å². The minimum Gasteiger partial charge on any atom is -0.497 e. The molecule has 0 bridgehead atoms. The fourth-order valence-corrected chi connectivity index (χ4v) is 6.17. The third kappa shape index (κ3) is 5.47. The molecule has 2 aliphatic rings. The lowest BCUT2D eigenvalue weighted by Gasteiger charge is -2.41. The van der Waals surface area contributed by atoms with E-state index >= 15 is 0 Å². The van der Waals surface area contributed by atoms with Crippen LogP contribution < -0.4 is 10.1 Å². The second-order valence-electron chi connectivity index (χ2n) is 9.52. The summed E-state index contributed by atoms with van der Waals surface area (Å²) in [5.41, 5.74) is 2.68. The number of nitrogens with zero attached hydrogens (tertiary/aromatic N) is 3. The number of urea groups is 1. The van der Waals surface area contributed by atoms with Gasteiger partial charge in [-0.3, -0.25) is 9.69 Å². The van der Waals surface area contributed by atoms with Crippen molar-refractivity contribution in [1.29, 1.82) is 0 Å². The number of amides is 3. The van der Waals surface area contributed by atoms with Crippen molar-refractivity contribution in [3.63, 3.8) is 0 Å². The van der Waals surface area contributed by atoms with Crippen LogP contribution in [0.15, 0.2) is 60.0 Å². The van der Waals surface area contributed by atoms with Crippen LogP contribution in [-0.4, -0.2) is 72.5 Å². The Hall–Kier alpha value is -3.43. The number of benzene rings is 2. The molecule has 2 atom stereocenters. The molecular formula is C28H31FN4O3S. The number of piperazine rings is 1. The maximum atomic E-state index is 14.1. The highest BCUT2D eigenvalue weighted by atomic mass is 32.1. The molecule has 3 amide bonds. The molecule has 3 heterocycles. The lowest BCUT2D eigenvalue weighted by Crippen LogP contribution is -2.58. The minimum atomic E-state index is -0.275. The molecule has 0 saturated carbocycles. The number of anilines is 1. The smallest absolute Gasteiger partial charge is 0.322 e. The number of nitrogens with one attached hydrogen (secondary N) is 1. The van der Waals surface area contributed by atoms with Crippen LogP contribution in [0.2, 0.25) is 0 Å². The lowest BCUT2D eigenvalue weighted by molar-refractivity contribution is -0.135. The molecule has 5 rings (SSSR count). The number of rotatable bonds is 5. The van der Waals surface area contributed by atoms with Crippen molar-refractivity contribution in [2.24, 2.45) is 0 Å². The second kappa shape index (κ2) is 10.9. The summed E-state index contributed by atoms with van der Waals surface area (Å²) in [7, 11) is 1.59. The van der Waals surface area contributed by atoms with Crippen LogP contribution >= 0.6 is 11.3 Å². The van der Waals surface area contributed by atoms with Gasteiger partial charge in [0.1, 0.15) is 11.6 Å². The van der Waals surface area contributed by atoms with Gasteiger partial charge in [0, 0.05) is 48.9 Å². The summed E-state index contributed by atoms with van der Waals surface area (Å²) in [5, 5.41) is 5.00. The molecule has 1 N–H and O–H groups in total. The van der Waals surface area contributed by atoms with E-state index in [9.17, 15) is 14.0 Å². The van der Waals surface area contributed by atoms with E-state index in [1.54, 1.807) is 41.5 Å². The number of hydrogen-bond acceptors (Lipinski definition) is 5. The normalized spacial score (nSPS) is 19.9. The first-order chi connectivity index (χ1) is 17.9. The molecular weight excluding hydrogens is 491 g/mol. The van der Waals surface area contributed by atoms with Crippen molar-refractivity contribution >= 4 is 29.0 Å². The van der Waals surface area contributed by atoms with E-state index in [2.05, 4.69) is 21.7 Å². The number of carbonyl (C=O) groups is 2. The van der Waals surface area contributed by atoms with Gasteiger partial charge in [-0.25, -0.2) is 9.18 Å². The largest absolute Gasteiger partial charge is 0.497 e. The van der Waals surface area contributed by atoms with Crippen molar-refractivity contribution in [3.05, 3.63) is 81.8 Å². The molecule has 0 unspecified atom stereocenters. The Morgan fingerprint density at radius 2 is 1.95 bits per heavy atom. The quantitative estimate of drug-likeness (QED) is 0.532. The molecule has 2 aromatic carbocycles. The first-order valence-corrected chi connectivity index (χ1v) is 13.4. The van der Waals surface area contributed by atoms with Crippen LogP contribution in [0.3, 0.4) is 0 Å². The molecule has 0 spiro atoms. The van der Waals surface area contributed by atoms with Gasteiger partial charge in [0.15, 0.2) is 0 Å². The number of thiophene rings is 1.